The molecule has 2 atom stereocenters. The highest BCUT2D eigenvalue weighted by atomic mass is 16.5. The van der Waals surface area contributed by atoms with E-state index in [9.17, 15) is 9.59 Å². The number of hydrogen-bond acceptors (Lipinski definition) is 4. The van der Waals surface area contributed by atoms with Crippen LogP contribution in [0.4, 0.5) is 0 Å². The van der Waals surface area contributed by atoms with E-state index in [1.807, 2.05) is 13.0 Å². The zero-order valence-corrected chi connectivity index (χ0v) is 11.4. The molecule has 1 heterocycles. The Labute approximate surface area is 116 Å². The second-order valence-electron chi connectivity index (χ2n) is 4.77. The Kier molecular flexibility index (Phi) is 4.12. The molecule has 0 radical (unpaired) electrons. The molecule has 2 rings (SSSR count). The maximum atomic E-state index is 10.9. The summed E-state index contributed by atoms with van der Waals surface area (Å²) in [4.78, 5) is 21.6. The normalized spacial score (nSPS) is 17.8. The van der Waals surface area contributed by atoms with Gasteiger partial charge in [-0.1, -0.05) is 0 Å². The number of aliphatic carboxylic acids is 1. The number of methoxy groups -OCH3 is 1. The topological polar surface area (TPSA) is 84.9 Å². The number of rotatable bonds is 6. The van der Waals surface area contributed by atoms with Gasteiger partial charge in [0.25, 0.3) is 0 Å². The second-order valence-corrected chi connectivity index (χ2v) is 4.77. The maximum Gasteiger partial charge on any atom is 0.305 e. The average Bonchev–Trinajstić information content (AvgIpc) is 2.75. The van der Waals surface area contributed by atoms with Crippen molar-refractivity contribution in [1.82, 2.24) is 5.32 Å². The van der Waals surface area contributed by atoms with E-state index >= 15 is 0 Å². The molecule has 0 spiro atoms. The van der Waals surface area contributed by atoms with Crippen LogP contribution in [0, 0.1) is 0 Å². The first kappa shape index (κ1) is 14.2. The number of hydrogen-bond donors (Lipinski definition) is 2. The third kappa shape index (κ3) is 2.84. The molecule has 2 N–H and O–H groups in total. The Balaban J connectivity index is 2.40. The first-order valence-electron chi connectivity index (χ1n) is 6.34. The van der Waals surface area contributed by atoms with Gasteiger partial charge in [-0.25, -0.2) is 0 Å². The highest BCUT2D eigenvalue weighted by Gasteiger charge is 2.25. The summed E-state index contributed by atoms with van der Waals surface area (Å²) >= 11 is 0. The molecule has 6 nitrogen and oxygen atoms in total. The summed E-state index contributed by atoms with van der Waals surface area (Å²) in [7, 11) is 1.52. The van der Waals surface area contributed by atoms with Crippen LogP contribution in [0.15, 0.2) is 12.1 Å². The summed E-state index contributed by atoms with van der Waals surface area (Å²) in [5.41, 5.74) is 1.63. The smallest absolute Gasteiger partial charge is 0.305 e. The van der Waals surface area contributed by atoms with Crippen LogP contribution in [0.2, 0.25) is 0 Å². The third-order valence-corrected chi connectivity index (χ3v) is 3.27. The van der Waals surface area contributed by atoms with Gasteiger partial charge in [0.15, 0.2) is 0 Å². The fourth-order valence-electron chi connectivity index (χ4n) is 2.42. The average molecular weight is 279 g/mol. The Bertz CT molecular complexity index is 529. The standard InChI is InChI=1S/C14H17NO5/c1-8-3-9-4-13(19-2)10(5-12(9)20-8)11(15-7-16)6-14(17)18/h4-5,7-8,11H,3,6H2,1-2H3,(H,15,16)(H,17,18). The van der Waals surface area contributed by atoms with Crippen LogP contribution in [0.1, 0.15) is 30.5 Å². The molecule has 1 aliphatic heterocycles. The Hall–Kier alpha value is -2.24. The second kappa shape index (κ2) is 5.81. The molecule has 0 aromatic heterocycles. The molecule has 1 aromatic rings. The first-order chi connectivity index (χ1) is 9.55. The predicted octanol–water partition coefficient (Wildman–Crippen LogP) is 1.28. The van der Waals surface area contributed by atoms with Crippen LogP contribution in [-0.4, -0.2) is 30.7 Å². The van der Waals surface area contributed by atoms with E-state index in [0.717, 1.165) is 17.7 Å². The van der Waals surface area contributed by atoms with Crippen molar-refractivity contribution in [2.45, 2.75) is 31.9 Å². The molecule has 20 heavy (non-hydrogen) atoms. The molecule has 6 heteroatoms. The molecule has 0 saturated heterocycles. The van der Waals surface area contributed by atoms with Gasteiger partial charge in [-0.3, -0.25) is 9.59 Å². The van der Waals surface area contributed by atoms with Crippen LogP contribution in [0.3, 0.4) is 0 Å². The zero-order chi connectivity index (χ0) is 14.7. The lowest BCUT2D eigenvalue weighted by Crippen LogP contribution is -2.23. The molecule has 0 fully saturated rings. The summed E-state index contributed by atoms with van der Waals surface area (Å²) in [6.07, 6.45) is 1.14. The molecule has 1 aliphatic rings. The van der Waals surface area contributed by atoms with E-state index in [1.165, 1.54) is 7.11 Å². The molecular formula is C14H17NO5. The van der Waals surface area contributed by atoms with Crippen molar-refractivity contribution in [2.24, 2.45) is 0 Å². The number of carbonyl (C=O) groups is 2. The molecule has 0 saturated carbocycles. The number of carboxylic acid groups (broad SMARTS) is 1. The minimum absolute atomic E-state index is 0.0851. The summed E-state index contributed by atoms with van der Waals surface area (Å²) in [6, 6.07) is 2.95. The molecule has 1 amide bonds. The minimum atomic E-state index is -0.999. The molecule has 2 unspecified atom stereocenters. The lowest BCUT2D eigenvalue weighted by Gasteiger charge is -2.18. The summed E-state index contributed by atoms with van der Waals surface area (Å²) in [6.45, 7) is 1.96. The predicted molar refractivity (Wildman–Crippen MR) is 71.0 cm³/mol. The van der Waals surface area contributed by atoms with Crippen molar-refractivity contribution in [1.29, 1.82) is 0 Å². The van der Waals surface area contributed by atoms with Crippen molar-refractivity contribution in [2.75, 3.05) is 7.11 Å². The number of carboxylic acids is 1. The minimum Gasteiger partial charge on any atom is -0.496 e. The molecular weight excluding hydrogens is 262 g/mol. The first-order valence-corrected chi connectivity index (χ1v) is 6.34. The van der Waals surface area contributed by atoms with Crippen molar-refractivity contribution in [3.8, 4) is 11.5 Å². The van der Waals surface area contributed by atoms with E-state index in [2.05, 4.69) is 5.32 Å². The van der Waals surface area contributed by atoms with E-state index in [4.69, 9.17) is 14.6 Å². The van der Waals surface area contributed by atoms with Crippen LogP contribution in [-0.2, 0) is 16.0 Å². The van der Waals surface area contributed by atoms with Gasteiger partial charge < -0.3 is 19.9 Å². The molecule has 1 aromatic carbocycles. The molecule has 0 bridgehead atoms. The van der Waals surface area contributed by atoms with Crippen molar-refractivity contribution in [3.05, 3.63) is 23.3 Å². The van der Waals surface area contributed by atoms with E-state index < -0.39 is 12.0 Å². The fraction of sp³-hybridized carbons (Fsp3) is 0.429. The van der Waals surface area contributed by atoms with Crippen LogP contribution >= 0.6 is 0 Å². The van der Waals surface area contributed by atoms with Gasteiger partial charge in [-0.2, -0.15) is 0 Å². The highest BCUT2D eigenvalue weighted by Crippen LogP contribution is 2.38. The zero-order valence-electron chi connectivity index (χ0n) is 11.4. The van der Waals surface area contributed by atoms with E-state index in [-0.39, 0.29) is 12.5 Å². The van der Waals surface area contributed by atoms with Gasteiger partial charge in [0.2, 0.25) is 6.41 Å². The summed E-state index contributed by atoms with van der Waals surface area (Å²) in [5.74, 6) is 0.277. The molecule has 108 valence electrons. The lowest BCUT2D eigenvalue weighted by atomic mass is 9.99. The Morgan fingerprint density at radius 3 is 3.00 bits per heavy atom. The van der Waals surface area contributed by atoms with Crippen molar-refractivity contribution >= 4 is 12.4 Å². The SMILES string of the molecule is COc1cc2c(cc1C(CC(=O)O)NC=O)OC(C)C2. The largest absolute Gasteiger partial charge is 0.496 e. The monoisotopic (exact) mass is 279 g/mol. The van der Waals surface area contributed by atoms with Crippen molar-refractivity contribution in [3.63, 3.8) is 0 Å². The van der Waals surface area contributed by atoms with E-state index in [0.29, 0.717) is 17.7 Å². The highest BCUT2D eigenvalue weighted by molar-refractivity contribution is 5.69. The maximum absolute atomic E-state index is 10.9. The number of ether oxygens (including phenoxy) is 2. The Morgan fingerprint density at radius 1 is 1.65 bits per heavy atom. The number of carbonyl (C=O) groups excluding carboxylic acids is 1. The lowest BCUT2D eigenvalue weighted by molar-refractivity contribution is -0.137. The van der Waals surface area contributed by atoms with Crippen LogP contribution in [0.25, 0.3) is 0 Å². The van der Waals surface area contributed by atoms with Crippen LogP contribution in [0.5, 0.6) is 11.5 Å². The van der Waals surface area contributed by atoms with Gasteiger partial charge in [-0.05, 0) is 19.1 Å². The number of fused-ring (bicyclic) bond motifs is 1. The van der Waals surface area contributed by atoms with Gasteiger partial charge in [-0.15, -0.1) is 0 Å². The Morgan fingerprint density at radius 2 is 2.40 bits per heavy atom. The summed E-state index contributed by atoms with van der Waals surface area (Å²) in [5, 5.41) is 11.5. The number of nitrogens with one attached hydrogen (secondary N) is 1. The number of amides is 1. The quantitative estimate of drug-likeness (QED) is 0.766. The third-order valence-electron chi connectivity index (χ3n) is 3.27. The van der Waals surface area contributed by atoms with Gasteiger partial charge in [0.1, 0.15) is 17.6 Å². The van der Waals surface area contributed by atoms with E-state index in [1.54, 1.807) is 6.07 Å². The van der Waals surface area contributed by atoms with Gasteiger partial charge in [0, 0.05) is 17.5 Å². The fourth-order valence-corrected chi connectivity index (χ4v) is 2.42. The van der Waals surface area contributed by atoms with Crippen LogP contribution < -0.4 is 14.8 Å². The molecule has 0 aliphatic carbocycles. The van der Waals surface area contributed by atoms with Gasteiger partial charge in [0.05, 0.1) is 19.6 Å². The number of benzene rings is 1. The summed E-state index contributed by atoms with van der Waals surface area (Å²) < 4.78 is 11.0. The van der Waals surface area contributed by atoms with Gasteiger partial charge >= 0.3 is 5.97 Å². The van der Waals surface area contributed by atoms with Crippen molar-refractivity contribution < 1.29 is 24.2 Å².